The zero-order valence-corrected chi connectivity index (χ0v) is 9.08. The zero-order valence-electron chi connectivity index (χ0n) is 9.08. The van der Waals surface area contributed by atoms with Gasteiger partial charge < -0.3 is 9.52 Å². The zero-order chi connectivity index (χ0) is 12.4. The SMILES string of the molecule is Cc1nc(CO)c(-c2ccc([N+](=O)[O-])cc2)o1. The van der Waals surface area contributed by atoms with E-state index in [1.807, 2.05) is 0 Å². The predicted octanol–water partition coefficient (Wildman–Crippen LogP) is 2.05. The second-order valence-corrected chi connectivity index (χ2v) is 3.47. The van der Waals surface area contributed by atoms with E-state index >= 15 is 0 Å². The third-order valence-electron chi connectivity index (χ3n) is 2.29. The van der Waals surface area contributed by atoms with E-state index in [1.54, 1.807) is 19.1 Å². The van der Waals surface area contributed by atoms with Crippen molar-refractivity contribution in [3.63, 3.8) is 0 Å². The number of aryl methyl sites for hydroxylation is 1. The van der Waals surface area contributed by atoms with Crippen molar-refractivity contribution < 1.29 is 14.4 Å². The topological polar surface area (TPSA) is 89.4 Å². The Morgan fingerprint density at radius 2 is 2.06 bits per heavy atom. The first-order valence-electron chi connectivity index (χ1n) is 4.94. The molecule has 1 aromatic carbocycles. The summed E-state index contributed by atoms with van der Waals surface area (Å²) in [5, 5.41) is 19.6. The number of nitro groups is 1. The van der Waals surface area contributed by atoms with Gasteiger partial charge in [-0.15, -0.1) is 0 Å². The van der Waals surface area contributed by atoms with Crippen molar-refractivity contribution in [1.82, 2.24) is 4.98 Å². The Balaban J connectivity index is 2.42. The summed E-state index contributed by atoms with van der Waals surface area (Å²) in [7, 11) is 0. The van der Waals surface area contributed by atoms with Crippen LogP contribution in [0, 0.1) is 17.0 Å². The number of non-ortho nitro benzene ring substituents is 1. The van der Waals surface area contributed by atoms with E-state index in [9.17, 15) is 10.1 Å². The van der Waals surface area contributed by atoms with Crippen LogP contribution in [0.15, 0.2) is 28.7 Å². The smallest absolute Gasteiger partial charge is 0.269 e. The fourth-order valence-corrected chi connectivity index (χ4v) is 1.54. The number of aliphatic hydroxyl groups is 1. The molecule has 17 heavy (non-hydrogen) atoms. The van der Waals surface area contributed by atoms with Gasteiger partial charge >= 0.3 is 0 Å². The summed E-state index contributed by atoms with van der Waals surface area (Å²) in [6, 6.07) is 5.90. The highest BCUT2D eigenvalue weighted by Crippen LogP contribution is 2.26. The van der Waals surface area contributed by atoms with Gasteiger partial charge in [0.05, 0.1) is 11.5 Å². The van der Waals surface area contributed by atoms with Crippen LogP contribution in [0.2, 0.25) is 0 Å². The lowest BCUT2D eigenvalue weighted by atomic mass is 10.1. The highest BCUT2D eigenvalue weighted by Gasteiger charge is 2.13. The molecule has 0 aliphatic rings. The van der Waals surface area contributed by atoms with E-state index in [1.165, 1.54) is 12.1 Å². The van der Waals surface area contributed by atoms with Crippen molar-refractivity contribution in [2.75, 3.05) is 0 Å². The number of oxazole rings is 1. The average Bonchev–Trinajstić information content (AvgIpc) is 2.70. The molecule has 1 aromatic heterocycles. The van der Waals surface area contributed by atoms with E-state index in [0.717, 1.165) is 0 Å². The molecule has 0 fully saturated rings. The molecular weight excluding hydrogens is 224 g/mol. The van der Waals surface area contributed by atoms with Gasteiger partial charge in [0.15, 0.2) is 11.7 Å². The Kier molecular flexibility index (Phi) is 2.88. The summed E-state index contributed by atoms with van der Waals surface area (Å²) in [6.45, 7) is 1.44. The van der Waals surface area contributed by atoms with E-state index < -0.39 is 4.92 Å². The minimum atomic E-state index is -0.470. The molecule has 0 unspecified atom stereocenters. The van der Waals surface area contributed by atoms with Crippen molar-refractivity contribution >= 4 is 5.69 Å². The van der Waals surface area contributed by atoms with Crippen LogP contribution in [0.3, 0.4) is 0 Å². The minimum Gasteiger partial charge on any atom is -0.441 e. The molecule has 1 heterocycles. The third kappa shape index (κ3) is 2.16. The largest absolute Gasteiger partial charge is 0.441 e. The number of aromatic nitrogens is 1. The maximum absolute atomic E-state index is 10.5. The van der Waals surface area contributed by atoms with Crippen LogP contribution in [-0.2, 0) is 6.61 Å². The van der Waals surface area contributed by atoms with Gasteiger partial charge in [-0.2, -0.15) is 0 Å². The summed E-state index contributed by atoms with van der Waals surface area (Å²) < 4.78 is 5.35. The molecule has 6 nitrogen and oxygen atoms in total. The number of benzene rings is 1. The highest BCUT2D eigenvalue weighted by atomic mass is 16.6. The Bertz CT molecular complexity index is 545. The monoisotopic (exact) mass is 234 g/mol. The van der Waals surface area contributed by atoms with Crippen molar-refractivity contribution in [3.05, 3.63) is 46.0 Å². The van der Waals surface area contributed by atoms with Gasteiger partial charge in [-0.25, -0.2) is 4.98 Å². The quantitative estimate of drug-likeness (QED) is 0.648. The first-order valence-corrected chi connectivity index (χ1v) is 4.94. The summed E-state index contributed by atoms with van der Waals surface area (Å²) >= 11 is 0. The van der Waals surface area contributed by atoms with Crippen LogP contribution in [0.4, 0.5) is 5.69 Å². The molecule has 2 aromatic rings. The summed E-state index contributed by atoms with van der Waals surface area (Å²) in [4.78, 5) is 14.0. The van der Waals surface area contributed by atoms with Crippen LogP contribution in [0.5, 0.6) is 0 Å². The number of hydrogen-bond acceptors (Lipinski definition) is 5. The van der Waals surface area contributed by atoms with Crippen LogP contribution < -0.4 is 0 Å². The van der Waals surface area contributed by atoms with Gasteiger partial charge in [0.2, 0.25) is 0 Å². The number of nitrogens with zero attached hydrogens (tertiary/aromatic N) is 2. The van der Waals surface area contributed by atoms with Gasteiger partial charge in [0.25, 0.3) is 5.69 Å². The molecule has 0 saturated heterocycles. The second-order valence-electron chi connectivity index (χ2n) is 3.47. The van der Waals surface area contributed by atoms with Crippen molar-refractivity contribution in [1.29, 1.82) is 0 Å². The minimum absolute atomic E-state index is 0.00976. The first-order chi connectivity index (χ1) is 8.11. The molecule has 0 aliphatic carbocycles. The highest BCUT2D eigenvalue weighted by molar-refractivity contribution is 5.61. The van der Waals surface area contributed by atoms with E-state index in [4.69, 9.17) is 9.52 Å². The Morgan fingerprint density at radius 3 is 2.59 bits per heavy atom. The van der Waals surface area contributed by atoms with Gasteiger partial charge in [0, 0.05) is 24.6 Å². The number of hydrogen-bond donors (Lipinski definition) is 1. The standard InChI is InChI=1S/C11H10N2O4/c1-7-12-10(6-14)11(17-7)8-2-4-9(5-3-8)13(15)16/h2-5,14H,6H2,1H3. The van der Waals surface area contributed by atoms with Gasteiger partial charge in [-0.05, 0) is 12.1 Å². The molecule has 0 saturated carbocycles. The molecule has 88 valence electrons. The molecule has 0 spiro atoms. The van der Waals surface area contributed by atoms with Crippen molar-refractivity contribution in [3.8, 4) is 11.3 Å². The van der Waals surface area contributed by atoms with Gasteiger partial charge in [-0.3, -0.25) is 10.1 Å². The summed E-state index contributed by atoms with van der Waals surface area (Å²) in [5.41, 5.74) is 1.09. The summed E-state index contributed by atoms with van der Waals surface area (Å²) in [5.74, 6) is 0.891. The van der Waals surface area contributed by atoms with Crippen LogP contribution in [0.1, 0.15) is 11.6 Å². The number of rotatable bonds is 3. The molecule has 6 heteroatoms. The molecule has 0 aliphatic heterocycles. The van der Waals surface area contributed by atoms with Crippen LogP contribution >= 0.6 is 0 Å². The lowest BCUT2D eigenvalue weighted by Crippen LogP contribution is -1.89. The Hall–Kier alpha value is -2.21. The molecule has 1 N–H and O–H groups in total. The second kappa shape index (κ2) is 4.34. The molecular formula is C11H10N2O4. The predicted molar refractivity (Wildman–Crippen MR) is 59.3 cm³/mol. The summed E-state index contributed by atoms with van der Waals surface area (Å²) in [6.07, 6.45) is 0. The Labute approximate surface area is 96.7 Å². The number of aliphatic hydroxyl groups excluding tert-OH is 1. The third-order valence-corrected chi connectivity index (χ3v) is 2.29. The molecule has 0 amide bonds. The molecule has 0 bridgehead atoms. The van der Waals surface area contributed by atoms with Crippen LogP contribution in [-0.4, -0.2) is 15.0 Å². The van der Waals surface area contributed by atoms with Gasteiger partial charge in [-0.1, -0.05) is 0 Å². The molecule has 0 radical (unpaired) electrons. The van der Waals surface area contributed by atoms with Gasteiger partial charge in [0.1, 0.15) is 5.69 Å². The molecule has 0 atom stereocenters. The normalized spacial score (nSPS) is 10.5. The van der Waals surface area contributed by atoms with E-state index in [2.05, 4.69) is 4.98 Å². The number of nitro benzene ring substituents is 1. The lowest BCUT2D eigenvalue weighted by molar-refractivity contribution is -0.384. The maximum atomic E-state index is 10.5. The fraction of sp³-hybridized carbons (Fsp3) is 0.182. The lowest BCUT2D eigenvalue weighted by Gasteiger charge is -1.98. The van der Waals surface area contributed by atoms with Crippen molar-refractivity contribution in [2.24, 2.45) is 0 Å². The average molecular weight is 234 g/mol. The maximum Gasteiger partial charge on any atom is 0.269 e. The van der Waals surface area contributed by atoms with Crippen LogP contribution in [0.25, 0.3) is 11.3 Å². The molecule has 2 rings (SSSR count). The fourth-order valence-electron chi connectivity index (χ4n) is 1.54. The van der Waals surface area contributed by atoms with E-state index in [-0.39, 0.29) is 12.3 Å². The Morgan fingerprint density at radius 1 is 1.41 bits per heavy atom. The van der Waals surface area contributed by atoms with Crippen molar-refractivity contribution in [2.45, 2.75) is 13.5 Å². The first kappa shape index (κ1) is 11.3. The van der Waals surface area contributed by atoms with E-state index in [0.29, 0.717) is 22.9 Å².